The molecule has 0 aliphatic rings. The first-order valence-corrected chi connectivity index (χ1v) is 11.2. The van der Waals surface area contributed by atoms with Crippen molar-refractivity contribution in [1.82, 2.24) is 0 Å². The second-order valence-electron chi connectivity index (χ2n) is 10.3. The smallest absolute Gasteiger partial charge is 0.292 e. The predicted octanol–water partition coefficient (Wildman–Crippen LogP) is 6.64. The van der Waals surface area contributed by atoms with Crippen LogP contribution >= 0.6 is 0 Å². The normalized spacial score (nSPS) is 10.4. The van der Waals surface area contributed by atoms with Gasteiger partial charge >= 0.3 is 0 Å². The van der Waals surface area contributed by atoms with Crippen LogP contribution in [0, 0.1) is 73.8 Å². The van der Waals surface area contributed by atoms with E-state index in [9.17, 15) is 0 Å². The molecule has 0 aromatic heterocycles. The summed E-state index contributed by atoms with van der Waals surface area (Å²) >= 11 is 0. The summed E-state index contributed by atoms with van der Waals surface area (Å²) in [5.41, 5.74) is 4.47. The Morgan fingerprint density at radius 2 is 0.750 bits per heavy atom. The van der Waals surface area contributed by atoms with Crippen molar-refractivity contribution in [3.63, 3.8) is 0 Å². The van der Waals surface area contributed by atoms with Crippen LogP contribution in [-0.4, -0.2) is 0 Å². The lowest BCUT2D eigenvalue weighted by Crippen LogP contribution is -2.17. The lowest BCUT2D eigenvalue weighted by Gasteiger charge is -2.26. The van der Waals surface area contributed by atoms with Gasteiger partial charge in [0.15, 0.2) is 0 Å². The van der Waals surface area contributed by atoms with Crippen LogP contribution in [0.4, 0.5) is 0 Å². The third-order valence-corrected chi connectivity index (χ3v) is 5.79. The summed E-state index contributed by atoms with van der Waals surface area (Å²) in [5.74, 6) is 2.11. The van der Waals surface area contributed by atoms with Gasteiger partial charge in [0.25, 0.3) is 25.0 Å². The van der Waals surface area contributed by atoms with Gasteiger partial charge in [0, 0.05) is 11.1 Å². The molecule has 2 aromatic carbocycles. The van der Waals surface area contributed by atoms with Crippen LogP contribution < -0.4 is 18.9 Å². The number of rotatable bonds is 4. The predicted molar refractivity (Wildman–Crippen MR) is 134 cm³/mol. The van der Waals surface area contributed by atoms with Gasteiger partial charge in [-0.05, 0) is 72.9 Å². The molecule has 0 N–H and O–H groups in total. The first-order chi connectivity index (χ1) is 16.6. The number of hydrogen-bond donors (Lipinski definition) is 0. The van der Waals surface area contributed by atoms with E-state index in [1.54, 1.807) is 37.2 Å². The Bertz CT molecular complexity index is 1160. The van der Waals surface area contributed by atoms with Crippen molar-refractivity contribution in [1.29, 1.82) is 21.0 Å². The van der Waals surface area contributed by atoms with Gasteiger partial charge in [0.1, 0.15) is 23.0 Å². The number of nitriles is 4. The van der Waals surface area contributed by atoms with Crippen LogP contribution in [0.2, 0.25) is 0 Å². The summed E-state index contributed by atoms with van der Waals surface area (Å²) in [7, 11) is 0. The highest BCUT2D eigenvalue weighted by molar-refractivity contribution is 5.58. The summed E-state index contributed by atoms with van der Waals surface area (Å²) in [6.45, 7) is 19.4. The van der Waals surface area contributed by atoms with Gasteiger partial charge in [0.2, 0.25) is 0 Å². The number of hydrogen-bond acceptors (Lipinski definition) is 8. The van der Waals surface area contributed by atoms with Gasteiger partial charge in [-0.2, -0.15) is 0 Å². The minimum absolute atomic E-state index is 0.226. The topological polar surface area (TPSA) is 132 Å². The molecule has 0 saturated heterocycles. The molecule has 0 spiro atoms. The average Bonchev–Trinajstić information content (AvgIpc) is 2.78. The van der Waals surface area contributed by atoms with E-state index in [0.29, 0.717) is 23.0 Å². The standard InChI is InChI=1S/C16H20N2O2.C12H12N2O2/c1-15(2,3)11-7-14(20-10-18)12(16(4,5)6)8-13(11)19-9-17;1-7-8(2)12(16-6-14)10(4)9(3)11(7)15-5-13/h7-8H,1-6H3;1-4H3. The Labute approximate surface area is 213 Å². The van der Waals surface area contributed by atoms with Crippen LogP contribution in [-0.2, 0) is 10.8 Å². The van der Waals surface area contributed by atoms with E-state index in [2.05, 4.69) is 0 Å². The van der Waals surface area contributed by atoms with Gasteiger partial charge in [-0.25, -0.2) is 0 Å². The summed E-state index contributed by atoms with van der Waals surface area (Å²) in [5, 5.41) is 34.8. The van der Waals surface area contributed by atoms with Crippen molar-refractivity contribution < 1.29 is 18.9 Å². The zero-order valence-corrected chi connectivity index (χ0v) is 22.6. The average molecular weight is 489 g/mol. The van der Waals surface area contributed by atoms with E-state index < -0.39 is 0 Å². The van der Waals surface area contributed by atoms with Gasteiger partial charge in [0.05, 0.1) is 0 Å². The molecule has 0 heterocycles. The molecule has 0 radical (unpaired) electrons. The van der Waals surface area contributed by atoms with Crippen LogP contribution in [0.5, 0.6) is 23.0 Å². The van der Waals surface area contributed by atoms with Gasteiger partial charge in [-0.1, -0.05) is 41.5 Å². The first-order valence-electron chi connectivity index (χ1n) is 11.2. The molecular formula is C28H32N4O4. The molecule has 0 bridgehead atoms. The molecule has 2 rings (SSSR count). The van der Waals surface area contributed by atoms with E-state index >= 15 is 0 Å². The summed E-state index contributed by atoms with van der Waals surface area (Å²) in [4.78, 5) is 0. The molecule has 0 fully saturated rings. The van der Waals surface area contributed by atoms with Gasteiger partial charge in [-0.3, -0.25) is 0 Å². The molecule has 8 nitrogen and oxygen atoms in total. The molecule has 0 saturated carbocycles. The minimum atomic E-state index is -0.226. The number of nitrogens with zero attached hydrogens (tertiary/aromatic N) is 4. The molecule has 0 atom stereocenters. The minimum Gasteiger partial charge on any atom is -0.388 e. The maximum atomic E-state index is 8.82. The molecule has 2 aromatic rings. The van der Waals surface area contributed by atoms with Crippen molar-refractivity contribution >= 4 is 0 Å². The monoisotopic (exact) mass is 488 g/mol. The van der Waals surface area contributed by atoms with Crippen molar-refractivity contribution in [2.24, 2.45) is 0 Å². The van der Waals surface area contributed by atoms with E-state index in [-0.39, 0.29) is 10.8 Å². The Kier molecular flexibility index (Phi) is 9.74. The van der Waals surface area contributed by atoms with Crippen LogP contribution in [0.3, 0.4) is 0 Å². The van der Waals surface area contributed by atoms with Crippen molar-refractivity contribution in [3.8, 4) is 48.0 Å². The Morgan fingerprint density at radius 1 is 0.500 bits per heavy atom. The van der Waals surface area contributed by atoms with Crippen molar-refractivity contribution in [3.05, 3.63) is 45.5 Å². The van der Waals surface area contributed by atoms with Crippen LogP contribution in [0.25, 0.3) is 0 Å². The lowest BCUT2D eigenvalue weighted by atomic mass is 9.81. The van der Waals surface area contributed by atoms with Crippen LogP contribution in [0.15, 0.2) is 12.1 Å². The Hall–Kier alpha value is -4.40. The van der Waals surface area contributed by atoms with Crippen molar-refractivity contribution in [2.75, 3.05) is 0 Å². The van der Waals surface area contributed by atoms with Crippen molar-refractivity contribution in [2.45, 2.75) is 80.1 Å². The highest BCUT2D eigenvalue weighted by Gasteiger charge is 2.27. The molecule has 0 aliphatic heterocycles. The zero-order valence-electron chi connectivity index (χ0n) is 22.6. The fourth-order valence-corrected chi connectivity index (χ4v) is 3.64. The first kappa shape index (κ1) is 29.6. The highest BCUT2D eigenvalue weighted by atomic mass is 16.5. The zero-order chi connectivity index (χ0) is 27.8. The quantitative estimate of drug-likeness (QED) is 0.437. The SMILES string of the molecule is CC(C)(C)c1cc(OC#N)c(C(C)(C)C)cc1OC#N.Cc1c(C)c(OC#N)c(C)c(C)c1OC#N. The van der Waals surface area contributed by atoms with E-state index in [1.807, 2.05) is 69.2 Å². The molecule has 0 unspecified atom stereocenters. The second kappa shape index (κ2) is 11.8. The maximum absolute atomic E-state index is 8.82. The largest absolute Gasteiger partial charge is 0.388 e. The van der Waals surface area contributed by atoms with E-state index in [4.69, 9.17) is 40.0 Å². The Balaban J connectivity index is 0.000000369. The molecular weight excluding hydrogens is 456 g/mol. The van der Waals surface area contributed by atoms with E-state index in [0.717, 1.165) is 33.4 Å². The third-order valence-electron chi connectivity index (χ3n) is 5.79. The highest BCUT2D eigenvalue weighted by Crippen LogP contribution is 2.41. The number of benzene rings is 2. The maximum Gasteiger partial charge on any atom is 0.292 e. The van der Waals surface area contributed by atoms with Crippen LogP contribution in [0.1, 0.15) is 74.9 Å². The molecule has 36 heavy (non-hydrogen) atoms. The lowest BCUT2D eigenvalue weighted by molar-refractivity contribution is 0.446. The second-order valence-corrected chi connectivity index (χ2v) is 10.3. The summed E-state index contributed by atoms with van der Waals surface area (Å²) in [6, 6.07) is 3.58. The number of ether oxygens (including phenoxy) is 4. The fourth-order valence-electron chi connectivity index (χ4n) is 3.64. The van der Waals surface area contributed by atoms with Gasteiger partial charge < -0.3 is 18.9 Å². The third kappa shape index (κ3) is 6.82. The molecule has 0 aliphatic carbocycles. The van der Waals surface area contributed by atoms with Gasteiger partial charge in [-0.15, -0.1) is 21.0 Å². The molecule has 8 heteroatoms. The Morgan fingerprint density at radius 3 is 0.944 bits per heavy atom. The molecule has 188 valence electrons. The summed E-state index contributed by atoms with van der Waals surface area (Å²) in [6.07, 6.45) is 6.77. The molecule has 0 amide bonds. The summed E-state index contributed by atoms with van der Waals surface area (Å²) < 4.78 is 20.1. The fraction of sp³-hybridized carbons (Fsp3) is 0.429. The van der Waals surface area contributed by atoms with E-state index in [1.165, 1.54) is 0 Å².